The second-order valence-corrected chi connectivity index (χ2v) is 6.49. The molecule has 1 fully saturated rings. The van der Waals surface area contributed by atoms with Crippen molar-refractivity contribution >= 4 is 5.84 Å². The number of likely N-dealkylation sites (tertiary alicyclic amines) is 1. The van der Waals surface area contributed by atoms with Crippen LogP contribution < -0.4 is 0 Å². The minimum atomic E-state index is -4.36. The average Bonchev–Trinajstić information content (AvgIpc) is 2.53. The molecule has 5 heteroatoms. The molecule has 0 aliphatic carbocycles. The maximum Gasteiger partial charge on any atom is 0.423 e. The molecule has 2 aliphatic rings. The molecule has 0 saturated carbocycles. The average molecular weight is 364 g/mol. The van der Waals surface area contributed by atoms with Gasteiger partial charge in [-0.1, -0.05) is 25.2 Å². The van der Waals surface area contributed by atoms with Gasteiger partial charge in [0.15, 0.2) is 0 Å². The molecule has 2 heterocycles. The van der Waals surface area contributed by atoms with E-state index in [1.165, 1.54) is 29.7 Å². The third-order valence-electron chi connectivity index (χ3n) is 4.37. The van der Waals surface area contributed by atoms with Gasteiger partial charge in [0, 0.05) is 13.1 Å². The summed E-state index contributed by atoms with van der Waals surface area (Å²) in [6.07, 6.45) is 8.32. The first-order valence-electron chi connectivity index (χ1n) is 9.30. The van der Waals surface area contributed by atoms with E-state index in [0.717, 1.165) is 50.8 Å². The Morgan fingerprint density at radius 2 is 2.12 bits per heavy atom. The van der Waals surface area contributed by atoms with Crippen LogP contribution in [0.3, 0.4) is 0 Å². The zero-order valence-corrected chi connectivity index (χ0v) is 15.6. The third-order valence-corrected chi connectivity index (χ3v) is 4.37. The summed E-state index contributed by atoms with van der Waals surface area (Å²) in [6, 6.07) is 0. The number of aliphatic imine (C=N–C) groups is 1. The van der Waals surface area contributed by atoms with E-state index in [9.17, 15) is 13.2 Å². The molecule has 0 bridgehead atoms. The van der Waals surface area contributed by atoms with Gasteiger partial charge in [0.1, 0.15) is 5.84 Å². The Hall–Kier alpha value is -2.00. The van der Waals surface area contributed by atoms with Gasteiger partial charge in [-0.05, 0) is 62.3 Å². The Kier molecular flexibility index (Phi) is 7.52. The van der Waals surface area contributed by atoms with Crippen molar-refractivity contribution in [1.29, 1.82) is 0 Å². The van der Waals surface area contributed by atoms with Crippen LogP contribution in [0, 0.1) is 0 Å². The number of alkyl halides is 3. The summed E-state index contributed by atoms with van der Waals surface area (Å²) in [4.78, 5) is 7.02. The lowest BCUT2D eigenvalue weighted by molar-refractivity contribution is -0.0880. The quantitative estimate of drug-likeness (QED) is 0.332. The lowest BCUT2D eigenvalue weighted by atomic mass is 9.98. The van der Waals surface area contributed by atoms with Gasteiger partial charge in [-0.2, -0.15) is 13.2 Å². The first kappa shape index (κ1) is 20.3. The largest absolute Gasteiger partial charge is 0.423 e. The summed E-state index contributed by atoms with van der Waals surface area (Å²) in [5.74, 6) is 1.08. The predicted octanol–water partition coefficient (Wildman–Crippen LogP) is 5.76. The van der Waals surface area contributed by atoms with Crippen LogP contribution in [0.15, 0.2) is 57.8 Å². The summed E-state index contributed by atoms with van der Waals surface area (Å²) >= 11 is 0. The summed E-state index contributed by atoms with van der Waals surface area (Å²) in [7, 11) is 0. The zero-order valence-electron chi connectivity index (χ0n) is 15.6. The highest BCUT2D eigenvalue weighted by atomic mass is 19.4. The number of rotatable bonds is 6. The lowest BCUT2D eigenvalue weighted by Gasteiger charge is -2.36. The Bertz CT molecular complexity index is 668. The number of halogens is 3. The Morgan fingerprint density at radius 1 is 1.35 bits per heavy atom. The van der Waals surface area contributed by atoms with Gasteiger partial charge in [-0.15, -0.1) is 5.73 Å². The molecule has 1 saturated heterocycles. The normalized spacial score (nSPS) is 19.1. The number of nitrogens with zero attached hydrogens (tertiary/aromatic N) is 2. The van der Waals surface area contributed by atoms with E-state index in [1.54, 1.807) is 6.92 Å². The van der Waals surface area contributed by atoms with Crippen molar-refractivity contribution in [2.75, 3.05) is 19.6 Å². The van der Waals surface area contributed by atoms with E-state index in [0.29, 0.717) is 6.42 Å². The summed E-state index contributed by atoms with van der Waals surface area (Å²) < 4.78 is 38.4. The fourth-order valence-electron chi connectivity index (χ4n) is 2.97. The van der Waals surface area contributed by atoms with Crippen LogP contribution in [0.4, 0.5) is 13.2 Å². The summed E-state index contributed by atoms with van der Waals surface area (Å²) in [5.41, 5.74) is 4.10. The fourth-order valence-corrected chi connectivity index (χ4v) is 2.97. The maximum absolute atomic E-state index is 12.8. The van der Waals surface area contributed by atoms with Crippen molar-refractivity contribution in [2.24, 2.45) is 4.99 Å². The first-order valence-corrected chi connectivity index (χ1v) is 9.30. The van der Waals surface area contributed by atoms with Gasteiger partial charge >= 0.3 is 6.18 Å². The number of allylic oxidation sites excluding steroid dienone is 4. The molecule has 0 aromatic heterocycles. The molecule has 2 nitrogen and oxygen atoms in total. The zero-order chi connectivity index (χ0) is 19.0. The molecule has 0 aromatic rings. The van der Waals surface area contributed by atoms with E-state index in [2.05, 4.69) is 29.7 Å². The van der Waals surface area contributed by atoms with Crippen molar-refractivity contribution in [3.05, 3.63) is 52.8 Å². The maximum atomic E-state index is 12.8. The monoisotopic (exact) mass is 364 g/mol. The van der Waals surface area contributed by atoms with E-state index >= 15 is 0 Å². The Morgan fingerprint density at radius 3 is 2.69 bits per heavy atom. The lowest BCUT2D eigenvalue weighted by Crippen LogP contribution is -2.43. The van der Waals surface area contributed by atoms with E-state index in [1.807, 2.05) is 0 Å². The summed E-state index contributed by atoms with van der Waals surface area (Å²) in [5, 5.41) is 0. The molecule has 0 unspecified atom stereocenters. The third kappa shape index (κ3) is 5.77. The second-order valence-electron chi connectivity index (χ2n) is 6.49. The number of hydrogen-bond donors (Lipinski definition) is 0. The molecular weight excluding hydrogens is 337 g/mol. The topological polar surface area (TPSA) is 15.6 Å². The van der Waals surface area contributed by atoms with Gasteiger partial charge in [0.2, 0.25) is 0 Å². The predicted molar refractivity (Wildman–Crippen MR) is 101 cm³/mol. The smallest absolute Gasteiger partial charge is 0.357 e. The molecule has 2 rings (SSSR count). The molecule has 142 valence electrons. The number of amidine groups is 1. The second kappa shape index (κ2) is 9.63. The number of unbranched alkanes of at least 4 members (excludes halogenated alkanes) is 1. The number of hydrogen-bond acceptors (Lipinski definition) is 2. The highest BCUT2D eigenvalue weighted by Crippen LogP contribution is 2.26. The standard InChI is InChI=1S/C21H27F3N2/c1-3-9-17-15-18(20(25-16-17)26-13-8-14-26)11-6-5-7-12-19(10-4-2)21(22,23)24/h4,7,9-10,15H,3,5-6,8,11,13-14,16H2,1-2H3/b10-4-,17-9+. The molecule has 0 atom stereocenters. The Balaban J connectivity index is 2.00. The van der Waals surface area contributed by atoms with Crippen LogP contribution in [0.5, 0.6) is 0 Å². The van der Waals surface area contributed by atoms with Gasteiger partial charge < -0.3 is 4.90 Å². The molecule has 0 radical (unpaired) electrons. The fraction of sp³-hybridized carbons (Fsp3) is 0.524. The van der Waals surface area contributed by atoms with Crippen molar-refractivity contribution in [2.45, 2.75) is 52.1 Å². The minimum Gasteiger partial charge on any atom is -0.357 e. The van der Waals surface area contributed by atoms with Gasteiger partial charge in [0.25, 0.3) is 0 Å². The van der Waals surface area contributed by atoms with Gasteiger partial charge in [-0.3, -0.25) is 4.99 Å². The van der Waals surface area contributed by atoms with Crippen molar-refractivity contribution in [1.82, 2.24) is 4.90 Å². The van der Waals surface area contributed by atoms with Crippen LogP contribution >= 0.6 is 0 Å². The van der Waals surface area contributed by atoms with E-state index in [-0.39, 0.29) is 0 Å². The van der Waals surface area contributed by atoms with Crippen LogP contribution in [0.2, 0.25) is 0 Å². The number of dihydropyridines is 1. The first-order chi connectivity index (χ1) is 12.5. The highest BCUT2D eigenvalue weighted by molar-refractivity contribution is 6.00. The molecule has 0 N–H and O–H groups in total. The van der Waals surface area contributed by atoms with Crippen molar-refractivity contribution < 1.29 is 13.2 Å². The molecule has 0 amide bonds. The van der Waals surface area contributed by atoms with E-state index in [4.69, 9.17) is 4.99 Å². The molecular formula is C21H27F3N2. The highest BCUT2D eigenvalue weighted by Gasteiger charge is 2.31. The van der Waals surface area contributed by atoms with Gasteiger partial charge in [-0.25, -0.2) is 0 Å². The molecule has 26 heavy (non-hydrogen) atoms. The van der Waals surface area contributed by atoms with Crippen LogP contribution in [-0.4, -0.2) is 36.5 Å². The summed E-state index contributed by atoms with van der Waals surface area (Å²) in [6.45, 7) is 6.49. The minimum absolute atomic E-state index is 0.564. The molecule has 0 aromatic carbocycles. The molecule has 0 spiro atoms. The van der Waals surface area contributed by atoms with Crippen LogP contribution in [0.25, 0.3) is 0 Å². The van der Waals surface area contributed by atoms with Crippen molar-refractivity contribution in [3.8, 4) is 0 Å². The van der Waals surface area contributed by atoms with Crippen LogP contribution in [-0.2, 0) is 0 Å². The van der Waals surface area contributed by atoms with Crippen LogP contribution in [0.1, 0.15) is 46.0 Å². The molecule has 2 aliphatic heterocycles. The van der Waals surface area contributed by atoms with Gasteiger partial charge in [0.05, 0.1) is 12.1 Å². The van der Waals surface area contributed by atoms with Crippen molar-refractivity contribution in [3.63, 3.8) is 0 Å². The van der Waals surface area contributed by atoms with E-state index < -0.39 is 11.7 Å². The SMILES string of the molecule is C/C=C\C(=C=CCCCC1=C/C(=C\CC)CN=C1N1CCC1)C(F)(F)F. The Labute approximate surface area is 154 Å².